The van der Waals surface area contributed by atoms with Crippen molar-refractivity contribution in [2.45, 2.75) is 19.9 Å². The van der Waals surface area contributed by atoms with Gasteiger partial charge in [-0.3, -0.25) is 9.59 Å². The van der Waals surface area contributed by atoms with Gasteiger partial charge < -0.3 is 29.0 Å². The third-order valence-corrected chi connectivity index (χ3v) is 5.52. The molecule has 2 aromatic rings. The van der Waals surface area contributed by atoms with Crippen LogP contribution in [0.15, 0.2) is 48.0 Å². The summed E-state index contributed by atoms with van der Waals surface area (Å²) in [5.41, 5.74) is 0.896. The van der Waals surface area contributed by atoms with Gasteiger partial charge in [0.1, 0.15) is 23.0 Å². The number of Topliss-reactive ketones (excluding diaryl/α,β-unsaturated/α-hetero) is 1. The quantitative estimate of drug-likeness (QED) is 0.321. The predicted octanol–water partition coefficient (Wildman–Crippen LogP) is 3.81. The molecule has 2 aromatic carbocycles. The van der Waals surface area contributed by atoms with Crippen molar-refractivity contribution in [1.29, 1.82) is 0 Å². The minimum Gasteiger partial charge on any atom is -0.507 e. The molecule has 1 atom stereocenters. The lowest BCUT2D eigenvalue weighted by Crippen LogP contribution is -2.32. The first-order chi connectivity index (χ1) is 16.3. The average Bonchev–Trinajstić information content (AvgIpc) is 3.10. The first-order valence-electron chi connectivity index (χ1n) is 11.0. The van der Waals surface area contributed by atoms with E-state index in [0.717, 1.165) is 0 Å². The monoisotopic (exact) mass is 469 g/mol. The van der Waals surface area contributed by atoms with E-state index in [9.17, 15) is 14.7 Å². The zero-order chi connectivity index (χ0) is 24.8. The number of rotatable bonds is 10. The predicted molar refractivity (Wildman–Crippen MR) is 127 cm³/mol. The number of carbonyl (C=O) groups excluding carboxylic acids is 2. The lowest BCUT2D eigenvalue weighted by Gasteiger charge is -2.26. The molecule has 0 bridgehead atoms. The van der Waals surface area contributed by atoms with E-state index >= 15 is 0 Å². The zero-order valence-electron chi connectivity index (χ0n) is 20.2. The van der Waals surface area contributed by atoms with Crippen LogP contribution in [0.25, 0.3) is 5.76 Å². The summed E-state index contributed by atoms with van der Waals surface area (Å²) >= 11 is 0. The van der Waals surface area contributed by atoms with Gasteiger partial charge in [-0.15, -0.1) is 0 Å². The van der Waals surface area contributed by atoms with E-state index in [0.29, 0.717) is 40.9 Å². The van der Waals surface area contributed by atoms with Gasteiger partial charge in [-0.2, -0.15) is 0 Å². The molecule has 0 radical (unpaired) electrons. The Morgan fingerprint density at radius 1 is 1.00 bits per heavy atom. The number of aliphatic hydroxyl groups is 1. The number of hydrogen-bond acceptors (Lipinski definition) is 7. The largest absolute Gasteiger partial charge is 0.507 e. The van der Waals surface area contributed by atoms with Crippen molar-refractivity contribution in [2.75, 3.05) is 41.1 Å². The Kier molecular flexibility index (Phi) is 8.17. The van der Waals surface area contributed by atoms with E-state index < -0.39 is 17.7 Å². The third kappa shape index (κ3) is 5.17. The van der Waals surface area contributed by atoms with E-state index in [2.05, 4.69) is 13.8 Å². The van der Waals surface area contributed by atoms with Crippen LogP contribution in [-0.4, -0.2) is 62.8 Å². The maximum Gasteiger partial charge on any atom is 0.295 e. The first-order valence-corrected chi connectivity index (χ1v) is 11.0. The van der Waals surface area contributed by atoms with Crippen LogP contribution in [-0.2, 0) is 14.3 Å². The van der Waals surface area contributed by atoms with Crippen LogP contribution in [0.4, 0.5) is 0 Å². The highest BCUT2D eigenvalue weighted by Gasteiger charge is 2.47. The van der Waals surface area contributed by atoms with Crippen LogP contribution >= 0.6 is 0 Å². The van der Waals surface area contributed by atoms with Crippen LogP contribution in [0.5, 0.6) is 17.2 Å². The number of likely N-dealkylation sites (tertiary alicyclic amines) is 1. The molecular weight excluding hydrogens is 438 g/mol. The smallest absolute Gasteiger partial charge is 0.295 e. The molecule has 1 N–H and O–H groups in total. The summed E-state index contributed by atoms with van der Waals surface area (Å²) in [5.74, 6) is 0.238. The number of ketones is 1. The summed E-state index contributed by atoms with van der Waals surface area (Å²) in [4.78, 5) is 27.5. The highest BCUT2D eigenvalue weighted by atomic mass is 16.5. The number of carbonyl (C=O) groups is 2. The molecule has 34 heavy (non-hydrogen) atoms. The van der Waals surface area contributed by atoms with Crippen molar-refractivity contribution in [2.24, 2.45) is 5.92 Å². The number of hydrogen-bond donors (Lipinski definition) is 1. The van der Waals surface area contributed by atoms with Crippen molar-refractivity contribution in [3.05, 3.63) is 59.2 Å². The average molecular weight is 470 g/mol. The number of benzene rings is 2. The molecule has 1 saturated heterocycles. The fraction of sp³-hybridized carbons (Fsp3) is 0.385. The maximum absolute atomic E-state index is 13.1. The second kappa shape index (κ2) is 11.1. The summed E-state index contributed by atoms with van der Waals surface area (Å²) in [7, 11) is 4.54. The van der Waals surface area contributed by atoms with Crippen molar-refractivity contribution >= 4 is 17.4 Å². The molecule has 8 nitrogen and oxygen atoms in total. The van der Waals surface area contributed by atoms with Crippen molar-refractivity contribution < 1.29 is 33.6 Å². The number of amides is 1. The summed E-state index contributed by atoms with van der Waals surface area (Å²) in [6.45, 7) is 5.04. The van der Waals surface area contributed by atoms with Gasteiger partial charge in [0, 0.05) is 24.8 Å². The first kappa shape index (κ1) is 25.1. The van der Waals surface area contributed by atoms with Gasteiger partial charge in [-0.25, -0.2) is 0 Å². The van der Waals surface area contributed by atoms with Crippen molar-refractivity contribution in [3.63, 3.8) is 0 Å². The number of methoxy groups -OCH3 is 3. The molecular formula is C26H31NO7. The van der Waals surface area contributed by atoms with E-state index in [1.807, 2.05) is 0 Å². The Morgan fingerprint density at radius 3 is 2.26 bits per heavy atom. The van der Waals surface area contributed by atoms with Crippen LogP contribution in [0.1, 0.15) is 31.0 Å². The lowest BCUT2D eigenvalue weighted by atomic mass is 9.94. The van der Waals surface area contributed by atoms with Crippen molar-refractivity contribution in [1.82, 2.24) is 4.90 Å². The number of nitrogens with zero attached hydrogens (tertiary/aromatic N) is 1. The molecule has 1 heterocycles. The van der Waals surface area contributed by atoms with Gasteiger partial charge in [0.2, 0.25) is 0 Å². The number of ether oxygens (including phenoxy) is 4. The van der Waals surface area contributed by atoms with Crippen LogP contribution in [0.3, 0.4) is 0 Å². The fourth-order valence-electron chi connectivity index (χ4n) is 3.80. The Labute approximate surface area is 199 Å². The molecule has 0 saturated carbocycles. The second-order valence-corrected chi connectivity index (χ2v) is 8.32. The van der Waals surface area contributed by atoms with E-state index in [-0.39, 0.29) is 24.5 Å². The van der Waals surface area contributed by atoms with Gasteiger partial charge >= 0.3 is 0 Å². The van der Waals surface area contributed by atoms with Gasteiger partial charge in [0.25, 0.3) is 11.7 Å². The van der Waals surface area contributed by atoms with Crippen LogP contribution < -0.4 is 14.2 Å². The van der Waals surface area contributed by atoms with Gasteiger partial charge in [-0.1, -0.05) is 13.8 Å². The summed E-state index contributed by atoms with van der Waals surface area (Å²) in [6.07, 6.45) is 0. The molecule has 0 spiro atoms. The molecule has 0 aromatic heterocycles. The SMILES string of the molecule is COCCN1C(=O)C(=O)C(=C(O)c2ccc(OCC(C)C)cc2)[C@H]1c1cc(OC)ccc1OC. The van der Waals surface area contributed by atoms with Crippen LogP contribution in [0.2, 0.25) is 0 Å². The highest BCUT2D eigenvalue weighted by Crippen LogP contribution is 2.43. The normalized spacial score (nSPS) is 17.4. The Balaban J connectivity index is 2.12. The summed E-state index contributed by atoms with van der Waals surface area (Å²) < 4.78 is 21.7. The second-order valence-electron chi connectivity index (χ2n) is 8.32. The Morgan fingerprint density at radius 2 is 1.68 bits per heavy atom. The Bertz CT molecular complexity index is 1060. The Hall–Kier alpha value is -3.52. The van der Waals surface area contributed by atoms with E-state index in [1.54, 1.807) is 42.5 Å². The number of aliphatic hydroxyl groups excluding tert-OH is 1. The highest BCUT2D eigenvalue weighted by molar-refractivity contribution is 6.46. The minimum atomic E-state index is -0.878. The standard InChI is InChI=1S/C26H31NO7/c1-16(2)15-34-18-8-6-17(7-9-18)24(28)22-23(27(12-13-31-3)26(30)25(22)29)20-14-19(32-4)10-11-21(20)33-5/h6-11,14,16,23,28H,12-13,15H2,1-5H3/t23-/m1/s1. The summed E-state index contributed by atoms with van der Waals surface area (Å²) in [5, 5.41) is 11.2. The molecule has 3 rings (SSSR count). The third-order valence-electron chi connectivity index (χ3n) is 5.52. The molecule has 1 fully saturated rings. The van der Waals surface area contributed by atoms with Gasteiger partial charge in [0.15, 0.2) is 0 Å². The molecule has 1 amide bonds. The molecule has 182 valence electrons. The molecule has 1 aliphatic heterocycles. The molecule has 0 unspecified atom stereocenters. The molecule has 1 aliphatic rings. The van der Waals surface area contributed by atoms with Gasteiger partial charge in [-0.05, 0) is 48.4 Å². The van der Waals surface area contributed by atoms with E-state index in [1.165, 1.54) is 26.2 Å². The van der Waals surface area contributed by atoms with E-state index in [4.69, 9.17) is 18.9 Å². The van der Waals surface area contributed by atoms with Crippen LogP contribution in [0, 0.1) is 5.92 Å². The van der Waals surface area contributed by atoms with Gasteiger partial charge in [0.05, 0.1) is 39.0 Å². The maximum atomic E-state index is 13.1. The lowest BCUT2D eigenvalue weighted by molar-refractivity contribution is -0.140. The molecule has 0 aliphatic carbocycles. The minimum absolute atomic E-state index is 0.0245. The fourth-order valence-corrected chi connectivity index (χ4v) is 3.80. The summed E-state index contributed by atoms with van der Waals surface area (Å²) in [6, 6.07) is 11.0. The van der Waals surface area contributed by atoms with Crippen molar-refractivity contribution in [3.8, 4) is 17.2 Å². The molecule has 8 heteroatoms. The topological polar surface area (TPSA) is 94.5 Å². The zero-order valence-corrected chi connectivity index (χ0v) is 20.2.